The molecule has 3 rings (SSSR count). The quantitative estimate of drug-likeness (QED) is 0.813. The van der Waals surface area contributed by atoms with Crippen molar-refractivity contribution < 1.29 is 13.2 Å². The van der Waals surface area contributed by atoms with Crippen LogP contribution in [0.2, 0.25) is 0 Å². The van der Waals surface area contributed by atoms with Gasteiger partial charge >= 0.3 is 6.18 Å². The molecule has 0 radical (unpaired) electrons. The van der Waals surface area contributed by atoms with Crippen molar-refractivity contribution in [1.29, 1.82) is 0 Å². The number of pyridine rings is 1. The fourth-order valence-electron chi connectivity index (χ4n) is 3.30. The summed E-state index contributed by atoms with van der Waals surface area (Å²) in [6, 6.07) is 4.08. The van der Waals surface area contributed by atoms with E-state index >= 15 is 0 Å². The first-order valence-corrected chi connectivity index (χ1v) is 8.79. The standard InChI is InChI=1S/C18H24F3N5/c1-24(2)12-13-26-11-8-22-17(26)14-6-9-25(10-7-14)16-5-3-4-15(23-16)18(19,20)21/h3-5,8,11,14H,6-7,9-10,12-13H2,1-2H3. The van der Waals surface area contributed by atoms with Gasteiger partial charge < -0.3 is 14.4 Å². The molecule has 0 aromatic carbocycles. The largest absolute Gasteiger partial charge is 0.433 e. The van der Waals surface area contributed by atoms with Crippen molar-refractivity contribution in [1.82, 2.24) is 19.4 Å². The Morgan fingerprint density at radius 3 is 2.58 bits per heavy atom. The number of rotatable bonds is 5. The number of likely N-dealkylation sites (N-methyl/N-ethyl adjacent to an activating group) is 1. The molecule has 1 saturated heterocycles. The van der Waals surface area contributed by atoms with E-state index in [0.29, 0.717) is 24.8 Å². The van der Waals surface area contributed by atoms with Crippen molar-refractivity contribution in [3.63, 3.8) is 0 Å². The second kappa shape index (κ2) is 7.65. The first kappa shape index (κ1) is 18.7. The molecule has 1 aliphatic heterocycles. The number of nitrogens with zero attached hydrogens (tertiary/aromatic N) is 5. The summed E-state index contributed by atoms with van der Waals surface area (Å²) in [5, 5.41) is 0. The predicted molar refractivity (Wildman–Crippen MR) is 94.2 cm³/mol. The molecule has 142 valence electrons. The molecule has 0 N–H and O–H groups in total. The Morgan fingerprint density at radius 2 is 1.92 bits per heavy atom. The fraction of sp³-hybridized carbons (Fsp3) is 0.556. The van der Waals surface area contributed by atoms with Gasteiger partial charge in [0.25, 0.3) is 0 Å². The van der Waals surface area contributed by atoms with Gasteiger partial charge in [0.2, 0.25) is 0 Å². The van der Waals surface area contributed by atoms with Crippen molar-refractivity contribution in [2.75, 3.05) is 38.6 Å². The maximum atomic E-state index is 12.9. The van der Waals surface area contributed by atoms with Crippen LogP contribution in [-0.4, -0.2) is 53.2 Å². The molecular formula is C18H24F3N5. The van der Waals surface area contributed by atoms with E-state index in [0.717, 1.165) is 37.8 Å². The monoisotopic (exact) mass is 367 g/mol. The Morgan fingerprint density at radius 1 is 1.19 bits per heavy atom. The van der Waals surface area contributed by atoms with Crippen molar-refractivity contribution >= 4 is 5.82 Å². The van der Waals surface area contributed by atoms with Crippen LogP contribution in [-0.2, 0) is 12.7 Å². The maximum absolute atomic E-state index is 12.9. The van der Waals surface area contributed by atoms with Gasteiger partial charge in [0.15, 0.2) is 0 Å². The molecule has 26 heavy (non-hydrogen) atoms. The van der Waals surface area contributed by atoms with Crippen LogP contribution >= 0.6 is 0 Å². The number of alkyl halides is 3. The van der Waals surface area contributed by atoms with Gasteiger partial charge in [0, 0.05) is 44.5 Å². The molecule has 2 aromatic rings. The van der Waals surface area contributed by atoms with E-state index in [1.807, 2.05) is 31.4 Å². The van der Waals surface area contributed by atoms with Gasteiger partial charge in [0.1, 0.15) is 17.3 Å². The van der Waals surface area contributed by atoms with Gasteiger partial charge in [-0.05, 0) is 39.1 Å². The van der Waals surface area contributed by atoms with Crippen LogP contribution in [0.3, 0.4) is 0 Å². The normalized spacial score (nSPS) is 16.5. The Bertz CT molecular complexity index is 718. The lowest BCUT2D eigenvalue weighted by Crippen LogP contribution is -2.34. The minimum Gasteiger partial charge on any atom is -0.357 e. The smallest absolute Gasteiger partial charge is 0.357 e. The highest BCUT2D eigenvalue weighted by Gasteiger charge is 2.33. The lowest BCUT2D eigenvalue weighted by molar-refractivity contribution is -0.141. The minimum absolute atomic E-state index is 0.328. The molecule has 5 nitrogen and oxygen atoms in total. The van der Waals surface area contributed by atoms with E-state index in [4.69, 9.17) is 0 Å². The van der Waals surface area contributed by atoms with Crippen LogP contribution in [0.5, 0.6) is 0 Å². The van der Waals surface area contributed by atoms with Crippen LogP contribution in [0.1, 0.15) is 30.3 Å². The first-order valence-electron chi connectivity index (χ1n) is 8.79. The summed E-state index contributed by atoms with van der Waals surface area (Å²) in [5.41, 5.74) is -0.837. The number of piperidine rings is 1. The average Bonchev–Trinajstić information content (AvgIpc) is 3.08. The Balaban J connectivity index is 1.64. The molecule has 2 aromatic heterocycles. The van der Waals surface area contributed by atoms with Crippen molar-refractivity contribution in [2.45, 2.75) is 31.5 Å². The zero-order valence-electron chi connectivity index (χ0n) is 15.1. The van der Waals surface area contributed by atoms with Crippen molar-refractivity contribution in [3.05, 3.63) is 42.1 Å². The van der Waals surface area contributed by atoms with E-state index in [1.165, 1.54) is 6.07 Å². The van der Waals surface area contributed by atoms with E-state index < -0.39 is 11.9 Å². The lowest BCUT2D eigenvalue weighted by atomic mass is 9.96. The second-order valence-corrected chi connectivity index (χ2v) is 6.92. The highest BCUT2D eigenvalue weighted by Crippen LogP contribution is 2.32. The number of aromatic nitrogens is 3. The summed E-state index contributed by atoms with van der Waals surface area (Å²) in [7, 11) is 4.08. The molecule has 8 heteroatoms. The Hall–Kier alpha value is -2.09. The fourth-order valence-corrected chi connectivity index (χ4v) is 3.30. The third-order valence-electron chi connectivity index (χ3n) is 4.74. The highest BCUT2D eigenvalue weighted by atomic mass is 19.4. The van der Waals surface area contributed by atoms with Crippen molar-refractivity contribution in [3.8, 4) is 0 Å². The second-order valence-electron chi connectivity index (χ2n) is 6.92. The number of hydrogen-bond acceptors (Lipinski definition) is 4. The summed E-state index contributed by atoms with van der Waals surface area (Å²) in [5.74, 6) is 1.80. The molecule has 1 fully saturated rings. The Labute approximate surface area is 151 Å². The van der Waals surface area contributed by atoms with E-state index in [9.17, 15) is 13.2 Å². The van der Waals surface area contributed by atoms with Gasteiger partial charge in [0.05, 0.1) is 0 Å². The van der Waals surface area contributed by atoms with Gasteiger partial charge in [-0.15, -0.1) is 0 Å². The average molecular weight is 367 g/mol. The Kier molecular flexibility index (Phi) is 5.50. The number of imidazole rings is 1. The molecule has 0 amide bonds. The molecule has 0 atom stereocenters. The summed E-state index contributed by atoms with van der Waals surface area (Å²) in [6.45, 7) is 3.19. The van der Waals surface area contributed by atoms with E-state index in [2.05, 4.69) is 19.4 Å². The molecule has 0 spiro atoms. The SMILES string of the molecule is CN(C)CCn1ccnc1C1CCN(c2cccc(C(F)(F)F)n2)CC1. The van der Waals surface area contributed by atoms with Gasteiger partial charge in [-0.3, -0.25) is 0 Å². The minimum atomic E-state index is -4.41. The lowest BCUT2D eigenvalue weighted by Gasteiger charge is -2.33. The van der Waals surface area contributed by atoms with Crippen LogP contribution in [0.25, 0.3) is 0 Å². The van der Waals surface area contributed by atoms with Crippen LogP contribution < -0.4 is 4.90 Å². The zero-order chi connectivity index (χ0) is 18.7. The van der Waals surface area contributed by atoms with Crippen LogP contribution in [0, 0.1) is 0 Å². The molecular weight excluding hydrogens is 343 g/mol. The van der Waals surface area contributed by atoms with Crippen molar-refractivity contribution in [2.24, 2.45) is 0 Å². The van der Waals surface area contributed by atoms with E-state index in [1.54, 1.807) is 6.07 Å². The van der Waals surface area contributed by atoms with Gasteiger partial charge in [-0.2, -0.15) is 13.2 Å². The number of anilines is 1. The molecule has 0 aliphatic carbocycles. The molecule has 0 unspecified atom stereocenters. The van der Waals surface area contributed by atoms with Crippen LogP contribution in [0.15, 0.2) is 30.6 Å². The summed E-state index contributed by atoms with van der Waals surface area (Å²) in [4.78, 5) is 12.4. The van der Waals surface area contributed by atoms with Crippen LogP contribution in [0.4, 0.5) is 19.0 Å². The first-order chi connectivity index (χ1) is 12.3. The molecule has 1 aliphatic rings. The summed E-state index contributed by atoms with van der Waals surface area (Å²) in [6.07, 6.45) is 1.13. The van der Waals surface area contributed by atoms with E-state index in [-0.39, 0.29) is 0 Å². The third-order valence-corrected chi connectivity index (χ3v) is 4.74. The van der Waals surface area contributed by atoms with Gasteiger partial charge in [-0.25, -0.2) is 9.97 Å². The predicted octanol–water partition coefficient (Wildman–Crippen LogP) is 3.24. The zero-order valence-corrected chi connectivity index (χ0v) is 15.1. The maximum Gasteiger partial charge on any atom is 0.433 e. The summed E-state index contributed by atoms with van der Waals surface area (Å²) >= 11 is 0. The number of hydrogen-bond donors (Lipinski definition) is 0. The molecule has 0 saturated carbocycles. The van der Waals surface area contributed by atoms with Gasteiger partial charge in [-0.1, -0.05) is 6.07 Å². The highest BCUT2D eigenvalue weighted by molar-refractivity contribution is 5.40. The topological polar surface area (TPSA) is 37.2 Å². The third kappa shape index (κ3) is 4.35. The molecule has 3 heterocycles. The number of halogens is 3. The molecule has 0 bridgehead atoms. The summed E-state index contributed by atoms with van der Waals surface area (Å²) < 4.78 is 40.8.